The van der Waals surface area contributed by atoms with Crippen LogP contribution in [-0.2, 0) is 11.2 Å². The van der Waals surface area contributed by atoms with Crippen molar-refractivity contribution in [3.63, 3.8) is 0 Å². The number of aryl methyl sites for hydroxylation is 1. The number of nitrogens with zero attached hydrogens (tertiary/aromatic N) is 1. The van der Waals surface area contributed by atoms with Crippen LogP contribution in [0.1, 0.15) is 12.5 Å². The lowest BCUT2D eigenvalue weighted by atomic mass is 10.1. The van der Waals surface area contributed by atoms with Crippen LogP contribution >= 0.6 is 0 Å². The molecular weight excluding hydrogens is 202 g/mol. The van der Waals surface area contributed by atoms with Crippen LogP contribution in [0.15, 0.2) is 36.9 Å². The van der Waals surface area contributed by atoms with E-state index in [1.807, 2.05) is 24.3 Å². The van der Waals surface area contributed by atoms with Crippen molar-refractivity contribution in [1.29, 1.82) is 0 Å². The van der Waals surface area contributed by atoms with Crippen LogP contribution in [0.25, 0.3) is 0 Å². The van der Waals surface area contributed by atoms with Crippen LogP contribution in [0.2, 0.25) is 0 Å². The highest BCUT2D eigenvalue weighted by atomic mass is 16.5. The van der Waals surface area contributed by atoms with Gasteiger partial charge in [-0.1, -0.05) is 31.2 Å². The lowest BCUT2D eigenvalue weighted by Crippen LogP contribution is -2.31. The minimum absolute atomic E-state index is 0.360. The maximum atomic E-state index is 11.6. The van der Waals surface area contributed by atoms with Crippen LogP contribution in [0.3, 0.4) is 0 Å². The summed E-state index contributed by atoms with van der Waals surface area (Å²) in [7, 11) is 1.38. The van der Waals surface area contributed by atoms with E-state index in [1.54, 1.807) is 11.0 Å². The highest BCUT2D eigenvalue weighted by molar-refractivity contribution is 5.88. The summed E-state index contributed by atoms with van der Waals surface area (Å²) in [5.74, 6) is 0. The molecule has 3 heteroatoms. The molecule has 0 aliphatic heterocycles. The van der Waals surface area contributed by atoms with Crippen molar-refractivity contribution in [2.24, 2.45) is 0 Å². The number of hydrogen-bond acceptors (Lipinski definition) is 2. The normalized spacial score (nSPS) is 9.62. The second-order valence-electron chi connectivity index (χ2n) is 3.35. The van der Waals surface area contributed by atoms with Crippen LogP contribution in [0.5, 0.6) is 0 Å². The second kappa shape index (κ2) is 5.95. The summed E-state index contributed by atoms with van der Waals surface area (Å²) < 4.78 is 4.76. The fourth-order valence-corrected chi connectivity index (χ4v) is 1.58. The minimum Gasteiger partial charge on any atom is -0.452 e. The molecule has 1 aromatic rings. The molecule has 0 aliphatic rings. The van der Waals surface area contributed by atoms with E-state index < -0.39 is 0 Å². The average Bonchev–Trinajstić information content (AvgIpc) is 2.35. The van der Waals surface area contributed by atoms with E-state index >= 15 is 0 Å². The molecule has 16 heavy (non-hydrogen) atoms. The molecule has 0 unspecified atom stereocenters. The van der Waals surface area contributed by atoms with Gasteiger partial charge in [-0.25, -0.2) is 4.79 Å². The Balaban J connectivity index is 3.09. The Kier molecular flexibility index (Phi) is 4.58. The number of ether oxygens (including phenoxy) is 1. The molecule has 0 saturated carbocycles. The maximum absolute atomic E-state index is 11.6. The summed E-state index contributed by atoms with van der Waals surface area (Å²) >= 11 is 0. The summed E-state index contributed by atoms with van der Waals surface area (Å²) in [6, 6.07) is 7.80. The molecule has 0 bridgehead atoms. The van der Waals surface area contributed by atoms with Gasteiger partial charge in [0.15, 0.2) is 0 Å². The Morgan fingerprint density at radius 2 is 2.19 bits per heavy atom. The Bertz CT molecular complexity index is 374. The third kappa shape index (κ3) is 2.63. The van der Waals surface area contributed by atoms with E-state index in [0.717, 1.165) is 17.7 Å². The Labute approximate surface area is 96.3 Å². The van der Waals surface area contributed by atoms with Gasteiger partial charge in [-0.05, 0) is 18.1 Å². The van der Waals surface area contributed by atoms with E-state index in [1.165, 1.54) is 7.11 Å². The van der Waals surface area contributed by atoms with E-state index in [0.29, 0.717) is 6.54 Å². The highest BCUT2D eigenvalue weighted by Crippen LogP contribution is 2.21. The second-order valence-corrected chi connectivity index (χ2v) is 3.35. The third-order valence-corrected chi connectivity index (χ3v) is 2.37. The number of para-hydroxylation sites is 1. The van der Waals surface area contributed by atoms with Gasteiger partial charge in [-0.15, -0.1) is 6.58 Å². The summed E-state index contributed by atoms with van der Waals surface area (Å²) in [6.07, 6.45) is 2.20. The van der Waals surface area contributed by atoms with Crippen molar-refractivity contribution in [3.05, 3.63) is 42.5 Å². The number of carbonyl (C=O) groups excluding carboxylic acids is 1. The molecule has 1 rings (SSSR count). The van der Waals surface area contributed by atoms with Crippen LogP contribution < -0.4 is 4.90 Å². The molecular formula is C13H17NO2. The molecule has 0 spiro atoms. The number of amides is 1. The molecule has 0 aliphatic carbocycles. The SMILES string of the molecule is C=CCN(C(=O)OC)c1ccccc1CC. The zero-order valence-corrected chi connectivity index (χ0v) is 9.77. The lowest BCUT2D eigenvalue weighted by Gasteiger charge is -2.22. The number of rotatable bonds is 4. The summed E-state index contributed by atoms with van der Waals surface area (Å²) in [4.78, 5) is 13.2. The van der Waals surface area contributed by atoms with Crippen molar-refractivity contribution in [3.8, 4) is 0 Å². The van der Waals surface area contributed by atoms with Gasteiger partial charge < -0.3 is 4.74 Å². The molecule has 86 valence electrons. The van der Waals surface area contributed by atoms with Crippen molar-refractivity contribution in [2.45, 2.75) is 13.3 Å². The lowest BCUT2D eigenvalue weighted by molar-refractivity contribution is 0.179. The third-order valence-electron chi connectivity index (χ3n) is 2.37. The first kappa shape index (κ1) is 12.3. The topological polar surface area (TPSA) is 29.5 Å². The predicted molar refractivity (Wildman–Crippen MR) is 65.8 cm³/mol. The van der Waals surface area contributed by atoms with Gasteiger partial charge in [-0.2, -0.15) is 0 Å². The molecule has 1 amide bonds. The fourth-order valence-electron chi connectivity index (χ4n) is 1.58. The van der Waals surface area contributed by atoms with Crippen molar-refractivity contribution < 1.29 is 9.53 Å². The molecule has 0 atom stereocenters. The smallest absolute Gasteiger partial charge is 0.414 e. The first-order valence-electron chi connectivity index (χ1n) is 5.28. The highest BCUT2D eigenvalue weighted by Gasteiger charge is 2.16. The Hall–Kier alpha value is -1.77. The van der Waals surface area contributed by atoms with Crippen LogP contribution in [-0.4, -0.2) is 19.7 Å². The van der Waals surface area contributed by atoms with Crippen LogP contribution in [0.4, 0.5) is 10.5 Å². The number of carbonyl (C=O) groups is 1. The van der Waals surface area contributed by atoms with E-state index in [-0.39, 0.29) is 6.09 Å². The Morgan fingerprint density at radius 1 is 1.50 bits per heavy atom. The quantitative estimate of drug-likeness (QED) is 0.728. The number of benzene rings is 1. The zero-order chi connectivity index (χ0) is 12.0. The standard InChI is InChI=1S/C13H17NO2/c1-4-10-14(13(15)16-3)12-9-7-6-8-11(12)5-2/h4,6-9H,1,5,10H2,2-3H3. The number of anilines is 1. The Morgan fingerprint density at radius 3 is 2.75 bits per heavy atom. The van der Waals surface area contributed by atoms with Gasteiger partial charge in [0.25, 0.3) is 0 Å². The van der Waals surface area contributed by atoms with Crippen LogP contribution in [0, 0.1) is 0 Å². The molecule has 0 saturated heterocycles. The number of hydrogen-bond donors (Lipinski definition) is 0. The molecule has 0 N–H and O–H groups in total. The van der Waals surface area contributed by atoms with Gasteiger partial charge in [0, 0.05) is 6.54 Å². The maximum Gasteiger partial charge on any atom is 0.414 e. The monoisotopic (exact) mass is 219 g/mol. The van der Waals surface area contributed by atoms with Gasteiger partial charge in [0.2, 0.25) is 0 Å². The largest absolute Gasteiger partial charge is 0.452 e. The minimum atomic E-state index is -0.360. The molecule has 0 heterocycles. The zero-order valence-electron chi connectivity index (χ0n) is 9.77. The molecule has 0 radical (unpaired) electrons. The van der Waals surface area contributed by atoms with Gasteiger partial charge in [-0.3, -0.25) is 4.90 Å². The fraction of sp³-hybridized carbons (Fsp3) is 0.308. The average molecular weight is 219 g/mol. The van der Waals surface area contributed by atoms with E-state index in [4.69, 9.17) is 4.74 Å². The van der Waals surface area contributed by atoms with Gasteiger partial charge in [0.1, 0.15) is 0 Å². The molecule has 0 aromatic heterocycles. The number of methoxy groups -OCH3 is 1. The molecule has 1 aromatic carbocycles. The summed E-state index contributed by atoms with van der Waals surface area (Å²) in [6.45, 7) is 6.15. The van der Waals surface area contributed by atoms with Crippen molar-refractivity contribution in [1.82, 2.24) is 0 Å². The van der Waals surface area contributed by atoms with E-state index in [9.17, 15) is 4.79 Å². The van der Waals surface area contributed by atoms with E-state index in [2.05, 4.69) is 13.5 Å². The van der Waals surface area contributed by atoms with Gasteiger partial charge in [0.05, 0.1) is 12.8 Å². The summed E-state index contributed by atoms with van der Waals surface area (Å²) in [5, 5.41) is 0. The first-order valence-corrected chi connectivity index (χ1v) is 5.28. The molecule has 0 fully saturated rings. The summed E-state index contributed by atoms with van der Waals surface area (Å²) in [5.41, 5.74) is 2.01. The van der Waals surface area contributed by atoms with Crippen molar-refractivity contribution in [2.75, 3.05) is 18.6 Å². The molecule has 3 nitrogen and oxygen atoms in total. The van der Waals surface area contributed by atoms with Gasteiger partial charge >= 0.3 is 6.09 Å². The predicted octanol–water partition coefficient (Wildman–Crippen LogP) is 3.01. The first-order chi connectivity index (χ1) is 7.74. The van der Waals surface area contributed by atoms with Crippen molar-refractivity contribution >= 4 is 11.8 Å².